The summed E-state index contributed by atoms with van der Waals surface area (Å²) in [4.78, 5) is 9.89. The number of likely N-dealkylation sites (N-methyl/N-ethyl adjacent to an activating group) is 1. The Bertz CT molecular complexity index is 457. The molecule has 0 spiro atoms. The molecule has 6 heteroatoms. The third kappa shape index (κ3) is 5.36. The molecule has 1 aliphatic heterocycles. The number of rotatable bonds is 9. The van der Waals surface area contributed by atoms with Crippen LogP contribution < -0.4 is 10.6 Å². The van der Waals surface area contributed by atoms with E-state index in [9.17, 15) is 0 Å². The summed E-state index contributed by atoms with van der Waals surface area (Å²) in [6, 6.07) is 0.926. The number of nitrogens with one attached hydrogen (secondary N) is 2. The Balaban J connectivity index is 1.95. The Morgan fingerprint density at radius 1 is 1.15 bits per heavy atom. The lowest BCUT2D eigenvalue weighted by atomic mass is 9.58. The normalized spacial score (nSPS) is 27.9. The minimum absolute atomic E-state index is 0.231. The largest absolute Gasteiger partial charge is 0.378 e. The molecular formula is C21H43N5O. The zero-order valence-electron chi connectivity index (χ0n) is 18.6. The fourth-order valence-corrected chi connectivity index (χ4v) is 4.67. The maximum atomic E-state index is 6.02. The predicted molar refractivity (Wildman–Crippen MR) is 114 cm³/mol. The molecule has 0 aromatic heterocycles. The van der Waals surface area contributed by atoms with Gasteiger partial charge in [-0.1, -0.05) is 13.8 Å². The van der Waals surface area contributed by atoms with Crippen molar-refractivity contribution in [1.29, 1.82) is 0 Å². The van der Waals surface area contributed by atoms with Crippen LogP contribution in [0.3, 0.4) is 0 Å². The number of hydrogen-bond donors (Lipinski definition) is 2. The van der Waals surface area contributed by atoms with Gasteiger partial charge < -0.3 is 20.3 Å². The second kappa shape index (κ2) is 10.6. The molecule has 1 saturated heterocycles. The molecule has 6 nitrogen and oxygen atoms in total. The van der Waals surface area contributed by atoms with Crippen molar-refractivity contribution in [2.24, 2.45) is 10.4 Å². The average molecular weight is 382 g/mol. The molecule has 1 aliphatic carbocycles. The lowest BCUT2D eigenvalue weighted by Gasteiger charge is -2.55. The summed E-state index contributed by atoms with van der Waals surface area (Å²) in [5.41, 5.74) is 0.231. The van der Waals surface area contributed by atoms with E-state index in [0.717, 1.165) is 71.1 Å². The first-order valence-corrected chi connectivity index (χ1v) is 11.1. The summed E-state index contributed by atoms with van der Waals surface area (Å²) < 4.78 is 6.02. The van der Waals surface area contributed by atoms with Crippen LogP contribution in [0.15, 0.2) is 4.99 Å². The van der Waals surface area contributed by atoms with Crippen molar-refractivity contribution < 1.29 is 4.74 Å². The second-order valence-electron chi connectivity index (χ2n) is 8.22. The van der Waals surface area contributed by atoms with Crippen LogP contribution >= 0.6 is 0 Å². The second-order valence-corrected chi connectivity index (χ2v) is 8.22. The molecule has 0 amide bonds. The van der Waals surface area contributed by atoms with Gasteiger partial charge in [-0.15, -0.1) is 0 Å². The van der Waals surface area contributed by atoms with Crippen LogP contribution in [0, 0.1) is 5.41 Å². The van der Waals surface area contributed by atoms with E-state index in [2.05, 4.69) is 62.1 Å². The molecule has 2 rings (SSSR count). The summed E-state index contributed by atoms with van der Waals surface area (Å²) in [6.07, 6.45) is 3.74. The van der Waals surface area contributed by atoms with Gasteiger partial charge in [0.05, 0.1) is 12.6 Å². The molecule has 0 aromatic rings. The van der Waals surface area contributed by atoms with Gasteiger partial charge in [-0.25, -0.2) is 0 Å². The van der Waals surface area contributed by atoms with Crippen LogP contribution in [0.2, 0.25) is 0 Å². The Hall–Kier alpha value is -0.850. The summed E-state index contributed by atoms with van der Waals surface area (Å²) in [7, 11) is 2.20. The van der Waals surface area contributed by atoms with Crippen LogP contribution in [0.4, 0.5) is 0 Å². The fraction of sp³-hybridized carbons (Fsp3) is 0.952. The summed E-state index contributed by atoms with van der Waals surface area (Å²) in [5, 5.41) is 7.18. The van der Waals surface area contributed by atoms with Crippen LogP contribution in [-0.2, 0) is 4.74 Å². The van der Waals surface area contributed by atoms with E-state index in [1.807, 2.05) is 0 Å². The van der Waals surface area contributed by atoms with E-state index >= 15 is 0 Å². The molecule has 0 bridgehead atoms. The first kappa shape index (κ1) is 22.4. The third-order valence-electron chi connectivity index (χ3n) is 6.80. The molecule has 158 valence electrons. The first-order valence-electron chi connectivity index (χ1n) is 11.1. The highest BCUT2D eigenvalue weighted by Gasteiger charge is 2.53. The highest BCUT2D eigenvalue weighted by Crippen LogP contribution is 2.48. The predicted octanol–water partition coefficient (Wildman–Crippen LogP) is 2.16. The number of ether oxygens (including phenoxy) is 1. The SMILES string of the molecule is CCNC(=NCC(C)N1CCN(C)CC1)NC1CC(OCC)C1(CC)CC. The number of hydrogen-bond acceptors (Lipinski definition) is 4. The third-order valence-corrected chi connectivity index (χ3v) is 6.80. The van der Waals surface area contributed by atoms with Gasteiger partial charge in [-0.3, -0.25) is 9.89 Å². The maximum absolute atomic E-state index is 6.02. The quantitative estimate of drug-likeness (QED) is 0.473. The van der Waals surface area contributed by atoms with Crippen LogP contribution in [0.5, 0.6) is 0 Å². The smallest absolute Gasteiger partial charge is 0.191 e. The van der Waals surface area contributed by atoms with Gasteiger partial charge in [0.25, 0.3) is 0 Å². The van der Waals surface area contributed by atoms with E-state index in [0.29, 0.717) is 18.2 Å². The van der Waals surface area contributed by atoms with Crippen molar-refractivity contribution in [3.8, 4) is 0 Å². The van der Waals surface area contributed by atoms with Crippen molar-refractivity contribution in [2.75, 3.05) is 52.9 Å². The van der Waals surface area contributed by atoms with Gasteiger partial charge in [0.15, 0.2) is 5.96 Å². The standard InChI is InChI=1S/C21H43N5O/c1-7-21(8-2)18(15-19(21)27-10-4)24-20(22-9-3)23-16-17(5)26-13-11-25(6)12-14-26/h17-19H,7-16H2,1-6H3,(H2,22,23,24). The van der Waals surface area contributed by atoms with Crippen LogP contribution in [0.25, 0.3) is 0 Å². The summed E-state index contributed by atoms with van der Waals surface area (Å²) in [6.45, 7) is 18.3. The van der Waals surface area contributed by atoms with Gasteiger partial charge in [0, 0.05) is 56.8 Å². The topological polar surface area (TPSA) is 52.1 Å². The number of guanidine groups is 1. The minimum Gasteiger partial charge on any atom is -0.378 e. The van der Waals surface area contributed by atoms with Crippen molar-refractivity contribution in [3.63, 3.8) is 0 Å². The average Bonchev–Trinajstić information content (AvgIpc) is 2.66. The highest BCUT2D eigenvalue weighted by molar-refractivity contribution is 5.80. The van der Waals surface area contributed by atoms with Crippen LogP contribution in [-0.4, -0.2) is 86.9 Å². The lowest BCUT2D eigenvalue weighted by Crippen LogP contribution is -2.65. The first-order chi connectivity index (χ1) is 13.0. The lowest BCUT2D eigenvalue weighted by molar-refractivity contribution is -0.133. The van der Waals surface area contributed by atoms with Gasteiger partial charge in [-0.05, 0) is 47.1 Å². The Morgan fingerprint density at radius 3 is 2.37 bits per heavy atom. The van der Waals surface area contributed by atoms with E-state index in [-0.39, 0.29) is 5.41 Å². The van der Waals surface area contributed by atoms with Gasteiger partial charge in [0.2, 0.25) is 0 Å². The maximum Gasteiger partial charge on any atom is 0.191 e. The summed E-state index contributed by atoms with van der Waals surface area (Å²) in [5.74, 6) is 0.963. The van der Waals surface area contributed by atoms with E-state index < -0.39 is 0 Å². The monoisotopic (exact) mass is 381 g/mol. The molecule has 2 N–H and O–H groups in total. The molecule has 0 aromatic carbocycles. The Morgan fingerprint density at radius 2 is 1.81 bits per heavy atom. The molecule has 0 radical (unpaired) electrons. The Kier molecular flexibility index (Phi) is 8.83. The molecular weight excluding hydrogens is 338 g/mol. The van der Waals surface area contributed by atoms with Crippen molar-refractivity contribution >= 4 is 5.96 Å². The van der Waals surface area contributed by atoms with Crippen LogP contribution in [0.1, 0.15) is 53.9 Å². The molecule has 27 heavy (non-hydrogen) atoms. The van der Waals surface area contributed by atoms with Gasteiger partial charge >= 0.3 is 0 Å². The van der Waals surface area contributed by atoms with Crippen molar-refractivity contribution in [2.45, 2.75) is 72.1 Å². The van der Waals surface area contributed by atoms with Crippen molar-refractivity contribution in [1.82, 2.24) is 20.4 Å². The highest BCUT2D eigenvalue weighted by atomic mass is 16.5. The fourth-order valence-electron chi connectivity index (χ4n) is 4.67. The minimum atomic E-state index is 0.231. The van der Waals surface area contributed by atoms with E-state index in [4.69, 9.17) is 9.73 Å². The molecule has 1 heterocycles. The molecule has 2 fully saturated rings. The van der Waals surface area contributed by atoms with Gasteiger partial charge in [-0.2, -0.15) is 0 Å². The number of piperazine rings is 1. The molecule has 3 unspecified atom stereocenters. The molecule has 1 saturated carbocycles. The Labute approximate surface area is 167 Å². The molecule has 3 atom stereocenters. The summed E-state index contributed by atoms with van der Waals surface area (Å²) >= 11 is 0. The van der Waals surface area contributed by atoms with E-state index in [1.54, 1.807) is 0 Å². The number of nitrogens with zero attached hydrogens (tertiary/aromatic N) is 3. The number of aliphatic imine (C=N–C) groups is 1. The van der Waals surface area contributed by atoms with E-state index in [1.165, 1.54) is 0 Å². The zero-order valence-corrected chi connectivity index (χ0v) is 18.6. The molecule has 2 aliphatic rings. The zero-order chi connectivity index (χ0) is 19.9. The van der Waals surface area contributed by atoms with Crippen molar-refractivity contribution in [3.05, 3.63) is 0 Å². The van der Waals surface area contributed by atoms with Gasteiger partial charge in [0.1, 0.15) is 0 Å².